The van der Waals surface area contributed by atoms with Crippen molar-refractivity contribution in [3.05, 3.63) is 30.3 Å². The summed E-state index contributed by atoms with van der Waals surface area (Å²) >= 11 is 0. The minimum absolute atomic E-state index is 0.0662. The first-order valence-electron chi connectivity index (χ1n) is 6.96. The van der Waals surface area contributed by atoms with Gasteiger partial charge in [-0.3, -0.25) is 4.79 Å². The van der Waals surface area contributed by atoms with Gasteiger partial charge in [-0.15, -0.1) is 0 Å². The summed E-state index contributed by atoms with van der Waals surface area (Å²) < 4.78 is 5.52. The van der Waals surface area contributed by atoms with Gasteiger partial charge in [-0.2, -0.15) is 0 Å². The fourth-order valence-corrected chi connectivity index (χ4v) is 2.30. The van der Waals surface area contributed by atoms with E-state index < -0.39 is 0 Å². The first-order chi connectivity index (χ1) is 9.25. The molecule has 1 heterocycles. The van der Waals surface area contributed by atoms with E-state index in [2.05, 4.69) is 17.6 Å². The number of piperidine rings is 1. The molecule has 1 aliphatic rings. The zero-order valence-corrected chi connectivity index (χ0v) is 11.4. The Morgan fingerprint density at radius 2 is 2.21 bits per heavy atom. The third-order valence-electron chi connectivity index (χ3n) is 3.45. The lowest BCUT2D eigenvalue weighted by Crippen LogP contribution is -2.52. The van der Waals surface area contributed by atoms with Gasteiger partial charge in [0, 0.05) is 12.1 Å². The van der Waals surface area contributed by atoms with Crippen LogP contribution in [0.2, 0.25) is 0 Å². The van der Waals surface area contributed by atoms with Gasteiger partial charge in [-0.25, -0.2) is 0 Å². The molecule has 1 aliphatic heterocycles. The molecule has 2 unspecified atom stereocenters. The van der Waals surface area contributed by atoms with Crippen LogP contribution in [0.1, 0.15) is 26.2 Å². The number of carbonyl (C=O) groups excluding carboxylic acids is 1. The molecule has 1 saturated heterocycles. The summed E-state index contributed by atoms with van der Waals surface area (Å²) in [7, 11) is 0. The molecule has 4 heteroatoms. The maximum absolute atomic E-state index is 11.8. The number of hydrogen-bond donors (Lipinski definition) is 2. The van der Waals surface area contributed by atoms with Crippen LogP contribution in [0.15, 0.2) is 30.3 Å². The zero-order chi connectivity index (χ0) is 13.5. The van der Waals surface area contributed by atoms with Crippen molar-refractivity contribution in [2.24, 2.45) is 0 Å². The van der Waals surface area contributed by atoms with Crippen LogP contribution in [0.25, 0.3) is 0 Å². The van der Waals surface area contributed by atoms with Gasteiger partial charge in [-0.1, -0.05) is 18.2 Å². The molecule has 0 saturated carbocycles. The topological polar surface area (TPSA) is 50.4 Å². The van der Waals surface area contributed by atoms with Gasteiger partial charge in [0.1, 0.15) is 5.75 Å². The second-order valence-electron chi connectivity index (χ2n) is 4.97. The Balaban J connectivity index is 1.67. The molecule has 19 heavy (non-hydrogen) atoms. The highest BCUT2D eigenvalue weighted by molar-refractivity contribution is 5.76. The fraction of sp³-hybridized carbons (Fsp3) is 0.533. The van der Waals surface area contributed by atoms with Gasteiger partial charge < -0.3 is 15.4 Å². The minimum atomic E-state index is 0.0662. The van der Waals surface area contributed by atoms with Crippen molar-refractivity contribution in [1.82, 2.24) is 10.6 Å². The van der Waals surface area contributed by atoms with E-state index in [0.29, 0.717) is 19.1 Å². The van der Waals surface area contributed by atoms with E-state index in [-0.39, 0.29) is 11.9 Å². The Morgan fingerprint density at radius 3 is 2.95 bits per heavy atom. The lowest BCUT2D eigenvalue weighted by molar-refractivity contribution is -0.122. The standard InChI is InChI=1S/C15H22N2O2/c1-12-14(8-5-10-16-12)17-15(18)9-11-19-13-6-3-2-4-7-13/h2-4,6-7,12,14,16H,5,8-11H2,1H3,(H,17,18). The largest absolute Gasteiger partial charge is 0.493 e. The summed E-state index contributed by atoms with van der Waals surface area (Å²) in [5.41, 5.74) is 0. The lowest BCUT2D eigenvalue weighted by atomic mass is 10.00. The van der Waals surface area contributed by atoms with Crippen LogP contribution in [-0.2, 0) is 4.79 Å². The molecule has 0 aromatic heterocycles. The molecule has 1 amide bonds. The third-order valence-corrected chi connectivity index (χ3v) is 3.45. The first kappa shape index (κ1) is 13.9. The second-order valence-corrected chi connectivity index (χ2v) is 4.97. The number of nitrogens with one attached hydrogen (secondary N) is 2. The van der Waals surface area contributed by atoms with Crippen LogP contribution in [-0.4, -0.2) is 31.1 Å². The average Bonchev–Trinajstić information content (AvgIpc) is 2.43. The van der Waals surface area contributed by atoms with E-state index in [9.17, 15) is 4.79 Å². The number of amides is 1. The second kappa shape index (κ2) is 7.14. The average molecular weight is 262 g/mol. The van der Waals surface area contributed by atoms with Crippen molar-refractivity contribution in [1.29, 1.82) is 0 Å². The highest BCUT2D eigenvalue weighted by Crippen LogP contribution is 2.10. The van der Waals surface area contributed by atoms with Gasteiger partial charge in [0.15, 0.2) is 0 Å². The van der Waals surface area contributed by atoms with Crippen molar-refractivity contribution in [3.8, 4) is 5.75 Å². The Bertz CT molecular complexity index is 394. The molecule has 0 radical (unpaired) electrons. The summed E-state index contributed by atoms with van der Waals surface area (Å²) in [6.07, 6.45) is 2.58. The van der Waals surface area contributed by atoms with Crippen LogP contribution in [0.3, 0.4) is 0 Å². The van der Waals surface area contributed by atoms with Crippen molar-refractivity contribution in [3.63, 3.8) is 0 Å². The molecule has 104 valence electrons. The fourth-order valence-electron chi connectivity index (χ4n) is 2.30. The van der Waals surface area contributed by atoms with Crippen molar-refractivity contribution >= 4 is 5.91 Å². The molecule has 0 spiro atoms. The molecule has 2 N–H and O–H groups in total. The van der Waals surface area contributed by atoms with E-state index in [1.807, 2.05) is 30.3 Å². The minimum Gasteiger partial charge on any atom is -0.493 e. The quantitative estimate of drug-likeness (QED) is 0.849. The predicted molar refractivity (Wildman–Crippen MR) is 75.2 cm³/mol. The zero-order valence-electron chi connectivity index (χ0n) is 11.4. The van der Waals surface area contributed by atoms with E-state index in [1.54, 1.807) is 0 Å². The number of ether oxygens (including phenoxy) is 1. The molecule has 2 atom stereocenters. The SMILES string of the molecule is CC1NCCCC1NC(=O)CCOc1ccccc1. The molecular weight excluding hydrogens is 240 g/mol. The van der Waals surface area contributed by atoms with E-state index in [0.717, 1.165) is 25.1 Å². The monoisotopic (exact) mass is 262 g/mol. The summed E-state index contributed by atoms with van der Waals surface area (Å²) in [5.74, 6) is 0.875. The van der Waals surface area contributed by atoms with Gasteiger partial charge in [0.2, 0.25) is 5.91 Å². The van der Waals surface area contributed by atoms with E-state index in [1.165, 1.54) is 0 Å². The summed E-state index contributed by atoms with van der Waals surface area (Å²) in [5, 5.41) is 6.45. The third kappa shape index (κ3) is 4.56. The molecule has 0 bridgehead atoms. The molecule has 1 fully saturated rings. The van der Waals surface area contributed by atoms with Crippen molar-refractivity contribution in [2.75, 3.05) is 13.2 Å². The predicted octanol–water partition coefficient (Wildman–Crippen LogP) is 1.71. The number of rotatable bonds is 5. The molecule has 0 aliphatic carbocycles. The normalized spacial score (nSPS) is 22.8. The number of hydrogen-bond acceptors (Lipinski definition) is 3. The van der Waals surface area contributed by atoms with Gasteiger partial charge >= 0.3 is 0 Å². The van der Waals surface area contributed by atoms with Crippen LogP contribution < -0.4 is 15.4 Å². The van der Waals surface area contributed by atoms with Crippen LogP contribution in [0.4, 0.5) is 0 Å². The maximum atomic E-state index is 11.8. The van der Waals surface area contributed by atoms with E-state index in [4.69, 9.17) is 4.74 Å². The van der Waals surface area contributed by atoms with Crippen LogP contribution in [0.5, 0.6) is 5.75 Å². The number of carbonyl (C=O) groups is 1. The van der Waals surface area contributed by atoms with Gasteiger partial charge in [-0.05, 0) is 38.4 Å². The highest BCUT2D eigenvalue weighted by Gasteiger charge is 2.21. The Hall–Kier alpha value is -1.55. The smallest absolute Gasteiger partial charge is 0.223 e. The molecular formula is C15H22N2O2. The van der Waals surface area contributed by atoms with E-state index >= 15 is 0 Å². The van der Waals surface area contributed by atoms with Crippen molar-refractivity contribution in [2.45, 2.75) is 38.3 Å². The Morgan fingerprint density at radius 1 is 1.42 bits per heavy atom. The van der Waals surface area contributed by atoms with Gasteiger partial charge in [0.25, 0.3) is 0 Å². The molecule has 1 aromatic rings. The summed E-state index contributed by atoms with van der Waals surface area (Å²) in [6.45, 7) is 3.58. The van der Waals surface area contributed by atoms with Crippen LogP contribution in [0, 0.1) is 0 Å². The van der Waals surface area contributed by atoms with Gasteiger partial charge in [0.05, 0.1) is 13.0 Å². The molecule has 1 aromatic carbocycles. The number of para-hydroxylation sites is 1. The Labute approximate surface area is 114 Å². The maximum Gasteiger partial charge on any atom is 0.223 e. The number of benzene rings is 1. The highest BCUT2D eigenvalue weighted by atomic mass is 16.5. The van der Waals surface area contributed by atoms with Crippen molar-refractivity contribution < 1.29 is 9.53 Å². The summed E-state index contributed by atoms with van der Waals surface area (Å²) in [6, 6.07) is 10.2. The lowest BCUT2D eigenvalue weighted by Gasteiger charge is -2.30. The first-order valence-corrected chi connectivity index (χ1v) is 6.96. The molecule has 4 nitrogen and oxygen atoms in total. The molecule has 2 rings (SSSR count). The summed E-state index contributed by atoms with van der Waals surface area (Å²) in [4.78, 5) is 11.8. The Kier molecular flexibility index (Phi) is 5.21. The van der Waals surface area contributed by atoms with Crippen LogP contribution >= 0.6 is 0 Å².